The van der Waals surface area contributed by atoms with E-state index in [1.807, 2.05) is 26.0 Å². The summed E-state index contributed by atoms with van der Waals surface area (Å²) in [5.74, 6) is -1.37. The van der Waals surface area contributed by atoms with Crippen LogP contribution in [0.1, 0.15) is 52.0 Å². The number of alkyl halides is 3. The summed E-state index contributed by atoms with van der Waals surface area (Å²) in [5, 5.41) is 10.2. The Hall–Kier alpha value is -4.22. The highest BCUT2D eigenvalue weighted by Gasteiger charge is 2.36. The van der Waals surface area contributed by atoms with E-state index in [1.54, 1.807) is 12.1 Å². The van der Waals surface area contributed by atoms with E-state index in [4.69, 9.17) is 0 Å². The van der Waals surface area contributed by atoms with Crippen LogP contribution in [0, 0.1) is 0 Å². The first kappa shape index (κ1) is 23.9. The van der Waals surface area contributed by atoms with Gasteiger partial charge in [0.2, 0.25) is 0 Å². The molecular formula is C23H21F3N6O3. The molecule has 0 unspecified atom stereocenters. The fourth-order valence-electron chi connectivity index (χ4n) is 3.49. The number of benzene rings is 1. The maximum Gasteiger partial charge on any atom is 0.433 e. The molecule has 1 aromatic carbocycles. The van der Waals surface area contributed by atoms with E-state index in [2.05, 4.69) is 25.2 Å². The zero-order valence-corrected chi connectivity index (χ0v) is 19.2. The summed E-state index contributed by atoms with van der Waals surface area (Å²) in [4.78, 5) is 29.0. The van der Waals surface area contributed by atoms with Crippen molar-refractivity contribution in [2.75, 3.05) is 12.4 Å². The lowest BCUT2D eigenvalue weighted by Gasteiger charge is -2.11. The number of aryl methyl sites for hydroxylation is 1. The molecule has 4 aromatic rings. The lowest BCUT2D eigenvalue weighted by atomic mass is 10.0. The number of aromatic nitrogens is 5. The topological polar surface area (TPSA) is 103 Å². The third kappa shape index (κ3) is 4.72. The van der Waals surface area contributed by atoms with Crippen LogP contribution in [0.2, 0.25) is 0 Å². The molecule has 4 rings (SSSR count). The van der Waals surface area contributed by atoms with Crippen LogP contribution in [-0.4, -0.2) is 43.4 Å². The quantitative estimate of drug-likeness (QED) is 0.422. The Bertz CT molecular complexity index is 1420. The number of anilines is 1. The van der Waals surface area contributed by atoms with Gasteiger partial charge in [0.15, 0.2) is 22.7 Å². The summed E-state index contributed by atoms with van der Waals surface area (Å²) in [6.07, 6.45) is -3.40. The van der Waals surface area contributed by atoms with E-state index < -0.39 is 23.7 Å². The minimum absolute atomic E-state index is 0.0244. The van der Waals surface area contributed by atoms with Gasteiger partial charge in [0.1, 0.15) is 0 Å². The molecule has 12 heteroatoms. The summed E-state index contributed by atoms with van der Waals surface area (Å²) in [5.41, 5.74) is -0.0797. The van der Waals surface area contributed by atoms with Crippen molar-refractivity contribution in [3.8, 4) is 11.3 Å². The van der Waals surface area contributed by atoms with Gasteiger partial charge in [0, 0.05) is 24.9 Å². The van der Waals surface area contributed by atoms with Crippen molar-refractivity contribution in [3.63, 3.8) is 0 Å². The van der Waals surface area contributed by atoms with Gasteiger partial charge in [-0.2, -0.15) is 23.4 Å². The molecule has 0 atom stereocenters. The SMILES string of the molecule is COC(=O)c1nn(C)cc1NC(=O)c1cc2nc(-c3ccc(C(C)C)cc3)cc(C(F)(F)F)n2n1. The predicted molar refractivity (Wildman–Crippen MR) is 120 cm³/mol. The smallest absolute Gasteiger partial charge is 0.433 e. The first-order valence-corrected chi connectivity index (χ1v) is 10.5. The minimum atomic E-state index is -4.75. The van der Waals surface area contributed by atoms with Gasteiger partial charge in [-0.25, -0.2) is 14.3 Å². The second-order valence-electron chi connectivity index (χ2n) is 8.11. The molecule has 3 aromatic heterocycles. The van der Waals surface area contributed by atoms with Crippen LogP contribution in [0.5, 0.6) is 0 Å². The molecule has 0 saturated heterocycles. The van der Waals surface area contributed by atoms with Crippen LogP contribution in [0.25, 0.3) is 16.9 Å². The fourth-order valence-corrected chi connectivity index (χ4v) is 3.49. The molecule has 1 amide bonds. The van der Waals surface area contributed by atoms with Gasteiger partial charge in [-0.3, -0.25) is 9.48 Å². The number of halogens is 3. The van der Waals surface area contributed by atoms with E-state index in [0.717, 1.165) is 24.8 Å². The first-order chi connectivity index (χ1) is 16.5. The second-order valence-corrected chi connectivity index (χ2v) is 8.11. The van der Waals surface area contributed by atoms with Gasteiger partial charge >= 0.3 is 12.1 Å². The maximum absolute atomic E-state index is 13.9. The van der Waals surface area contributed by atoms with Crippen molar-refractivity contribution < 1.29 is 27.5 Å². The highest BCUT2D eigenvalue weighted by Crippen LogP contribution is 2.33. The number of methoxy groups -OCH3 is 1. The monoisotopic (exact) mass is 486 g/mol. The Morgan fingerprint density at radius 2 is 1.77 bits per heavy atom. The van der Waals surface area contributed by atoms with Crippen LogP contribution < -0.4 is 5.32 Å². The number of carbonyl (C=O) groups is 2. The van der Waals surface area contributed by atoms with Crippen molar-refractivity contribution >= 4 is 23.2 Å². The molecule has 9 nitrogen and oxygen atoms in total. The number of fused-ring (bicyclic) bond motifs is 1. The molecule has 182 valence electrons. The Morgan fingerprint density at radius 1 is 1.09 bits per heavy atom. The molecule has 0 saturated carbocycles. The van der Waals surface area contributed by atoms with Crippen LogP contribution >= 0.6 is 0 Å². The average molecular weight is 486 g/mol. The standard InChI is InChI=1S/C23H21F3N6O3/c1-12(2)13-5-7-14(8-6-13)15-9-18(23(24,25)26)32-19(27-15)10-16(29-32)21(33)28-17-11-31(3)30-20(17)22(34)35-4/h5-12H,1-4H3,(H,28,33). The van der Waals surface area contributed by atoms with E-state index >= 15 is 0 Å². The number of hydrogen-bond donors (Lipinski definition) is 1. The van der Waals surface area contributed by atoms with Crippen LogP contribution in [0.3, 0.4) is 0 Å². The number of esters is 1. The number of carbonyl (C=O) groups excluding carboxylic acids is 2. The molecule has 0 aliphatic carbocycles. The van der Waals surface area contributed by atoms with Crippen LogP contribution in [0.15, 0.2) is 42.6 Å². The van der Waals surface area contributed by atoms with Crippen molar-refractivity contribution in [1.29, 1.82) is 0 Å². The van der Waals surface area contributed by atoms with Gasteiger partial charge in [-0.05, 0) is 17.5 Å². The molecule has 0 aliphatic heterocycles. The molecule has 1 N–H and O–H groups in total. The van der Waals surface area contributed by atoms with Crippen molar-refractivity contribution in [3.05, 3.63) is 65.2 Å². The van der Waals surface area contributed by atoms with Gasteiger partial charge in [0.05, 0.1) is 18.5 Å². The Morgan fingerprint density at radius 3 is 2.37 bits per heavy atom. The molecule has 3 heterocycles. The summed E-state index contributed by atoms with van der Waals surface area (Å²) >= 11 is 0. The molecular weight excluding hydrogens is 465 g/mol. The Labute approximate surface area is 197 Å². The van der Waals surface area contributed by atoms with Crippen molar-refractivity contribution in [2.45, 2.75) is 25.9 Å². The van der Waals surface area contributed by atoms with Crippen LogP contribution in [-0.2, 0) is 18.0 Å². The lowest BCUT2D eigenvalue weighted by molar-refractivity contribution is -0.142. The van der Waals surface area contributed by atoms with Crippen molar-refractivity contribution in [1.82, 2.24) is 24.4 Å². The molecule has 0 bridgehead atoms. The summed E-state index contributed by atoms with van der Waals surface area (Å²) in [6, 6.07) is 9.11. The van der Waals surface area contributed by atoms with Gasteiger partial charge < -0.3 is 10.1 Å². The highest BCUT2D eigenvalue weighted by molar-refractivity contribution is 6.06. The third-order valence-electron chi connectivity index (χ3n) is 5.28. The zero-order chi connectivity index (χ0) is 25.5. The summed E-state index contributed by atoms with van der Waals surface area (Å²) in [6.45, 7) is 4.03. The van der Waals surface area contributed by atoms with E-state index in [-0.39, 0.29) is 34.3 Å². The zero-order valence-electron chi connectivity index (χ0n) is 19.2. The largest absolute Gasteiger partial charge is 0.464 e. The highest BCUT2D eigenvalue weighted by atomic mass is 19.4. The normalized spacial score (nSPS) is 11.8. The fraction of sp³-hybridized carbons (Fsp3) is 0.261. The molecule has 0 radical (unpaired) electrons. The van der Waals surface area contributed by atoms with Gasteiger partial charge in [-0.15, -0.1) is 0 Å². The number of ether oxygens (including phenoxy) is 1. The molecule has 35 heavy (non-hydrogen) atoms. The summed E-state index contributed by atoms with van der Waals surface area (Å²) < 4.78 is 48.1. The molecule has 0 fully saturated rings. The maximum atomic E-state index is 13.9. The lowest BCUT2D eigenvalue weighted by Crippen LogP contribution is -2.17. The molecule has 0 aliphatic rings. The van der Waals surface area contributed by atoms with E-state index in [1.165, 1.54) is 17.9 Å². The van der Waals surface area contributed by atoms with E-state index in [9.17, 15) is 22.8 Å². The van der Waals surface area contributed by atoms with Gasteiger partial charge in [0.25, 0.3) is 5.91 Å². The third-order valence-corrected chi connectivity index (χ3v) is 5.28. The van der Waals surface area contributed by atoms with Crippen molar-refractivity contribution in [2.24, 2.45) is 7.05 Å². The number of hydrogen-bond acceptors (Lipinski definition) is 6. The number of nitrogens with one attached hydrogen (secondary N) is 1. The Kier molecular flexibility index (Phi) is 6.05. The summed E-state index contributed by atoms with van der Waals surface area (Å²) in [7, 11) is 2.69. The Balaban J connectivity index is 1.75. The molecule has 0 spiro atoms. The number of rotatable bonds is 5. The second kappa shape index (κ2) is 8.85. The van der Waals surface area contributed by atoms with E-state index in [0.29, 0.717) is 10.1 Å². The first-order valence-electron chi connectivity index (χ1n) is 10.5. The minimum Gasteiger partial charge on any atom is -0.464 e. The van der Waals surface area contributed by atoms with Crippen LogP contribution in [0.4, 0.5) is 18.9 Å². The van der Waals surface area contributed by atoms with Gasteiger partial charge in [-0.1, -0.05) is 38.1 Å². The predicted octanol–water partition coefficient (Wildman–Crippen LogP) is 4.31. The number of nitrogens with zero attached hydrogens (tertiary/aromatic N) is 5. The number of amides is 1. The average Bonchev–Trinajstić information content (AvgIpc) is 3.40.